The number of rotatable bonds is 3. The van der Waals surface area contributed by atoms with Crippen LogP contribution in [-0.4, -0.2) is 49.6 Å². The molecule has 0 saturated carbocycles. The molecule has 0 aliphatic carbocycles. The van der Waals surface area contributed by atoms with Crippen LogP contribution in [0, 0.1) is 5.82 Å². The predicted molar refractivity (Wildman–Crippen MR) is 102 cm³/mol. The Morgan fingerprint density at radius 3 is 2.38 bits per heavy atom. The second-order valence-electron chi connectivity index (χ2n) is 7.04. The number of fused-ring (bicyclic) bond motifs is 1. The SMILES string of the molecule is C[C@@H](C(=O)N1CCc2ccccc21)N1CCN(c2ccc(F)cc2)CC1. The normalized spacial score (nSPS) is 18.7. The largest absolute Gasteiger partial charge is 0.369 e. The molecule has 4 nitrogen and oxygen atoms in total. The van der Waals surface area contributed by atoms with Crippen molar-refractivity contribution in [3.05, 3.63) is 59.9 Å². The molecule has 2 aromatic rings. The second-order valence-corrected chi connectivity index (χ2v) is 7.04. The van der Waals surface area contributed by atoms with Gasteiger partial charge in [0.15, 0.2) is 0 Å². The maximum atomic E-state index is 13.1. The van der Waals surface area contributed by atoms with E-state index in [4.69, 9.17) is 0 Å². The van der Waals surface area contributed by atoms with E-state index >= 15 is 0 Å². The molecule has 2 aliphatic rings. The van der Waals surface area contributed by atoms with E-state index in [1.807, 2.05) is 42.2 Å². The van der Waals surface area contributed by atoms with Crippen LogP contribution in [0.1, 0.15) is 12.5 Å². The smallest absolute Gasteiger partial charge is 0.244 e. The first-order valence-corrected chi connectivity index (χ1v) is 9.27. The van der Waals surface area contributed by atoms with Crippen LogP contribution in [0.4, 0.5) is 15.8 Å². The van der Waals surface area contributed by atoms with E-state index in [9.17, 15) is 9.18 Å². The van der Waals surface area contributed by atoms with E-state index in [1.165, 1.54) is 17.7 Å². The Hall–Kier alpha value is -2.40. The summed E-state index contributed by atoms with van der Waals surface area (Å²) >= 11 is 0. The van der Waals surface area contributed by atoms with Crippen molar-refractivity contribution in [3.63, 3.8) is 0 Å². The zero-order valence-corrected chi connectivity index (χ0v) is 15.1. The van der Waals surface area contributed by atoms with Gasteiger partial charge in [-0.1, -0.05) is 18.2 Å². The van der Waals surface area contributed by atoms with Gasteiger partial charge in [-0.05, 0) is 49.2 Å². The van der Waals surface area contributed by atoms with Crippen LogP contribution in [0.5, 0.6) is 0 Å². The number of halogens is 1. The predicted octanol–water partition coefficient (Wildman–Crippen LogP) is 2.93. The molecular weight excluding hydrogens is 329 g/mol. The van der Waals surface area contributed by atoms with Gasteiger partial charge in [0.2, 0.25) is 5.91 Å². The quantitative estimate of drug-likeness (QED) is 0.849. The Morgan fingerprint density at radius 2 is 1.65 bits per heavy atom. The first-order valence-electron chi connectivity index (χ1n) is 9.27. The number of para-hydroxylation sites is 1. The minimum absolute atomic E-state index is 0.128. The van der Waals surface area contributed by atoms with Crippen molar-refractivity contribution < 1.29 is 9.18 Å². The third-order valence-corrected chi connectivity index (χ3v) is 5.56. The highest BCUT2D eigenvalue weighted by atomic mass is 19.1. The topological polar surface area (TPSA) is 26.8 Å². The maximum absolute atomic E-state index is 13.1. The molecule has 0 unspecified atom stereocenters. The molecular formula is C21H24FN3O. The molecule has 1 atom stereocenters. The number of hydrogen-bond donors (Lipinski definition) is 0. The highest BCUT2D eigenvalue weighted by Gasteiger charge is 2.32. The molecule has 2 heterocycles. The van der Waals surface area contributed by atoms with E-state index in [0.717, 1.165) is 50.5 Å². The molecule has 0 N–H and O–H groups in total. The third kappa shape index (κ3) is 3.19. The Bertz CT molecular complexity index is 784. The van der Waals surface area contributed by atoms with Crippen molar-refractivity contribution in [2.45, 2.75) is 19.4 Å². The molecule has 2 aliphatic heterocycles. The van der Waals surface area contributed by atoms with Crippen molar-refractivity contribution in [1.82, 2.24) is 4.90 Å². The van der Waals surface area contributed by atoms with Crippen LogP contribution in [0.3, 0.4) is 0 Å². The molecule has 0 spiro atoms. The monoisotopic (exact) mass is 353 g/mol. The molecule has 136 valence electrons. The number of carbonyl (C=O) groups excluding carboxylic acids is 1. The number of amides is 1. The maximum Gasteiger partial charge on any atom is 0.244 e. The van der Waals surface area contributed by atoms with Gasteiger partial charge in [-0.15, -0.1) is 0 Å². The van der Waals surface area contributed by atoms with Crippen molar-refractivity contribution >= 4 is 17.3 Å². The van der Waals surface area contributed by atoms with Gasteiger partial charge in [0, 0.05) is 44.1 Å². The number of anilines is 2. The van der Waals surface area contributed by atoms with Crippen LogP contribution in [-0.2, 0) is 11.2 Å². The minimum atomic E-state index is -0.211. The summed E-state index contributed by atoms with van der Waals surface area (Å²) in [6, 6.07) is 14.7. The lowest BCUT2D eigenvalue weighted by Gasteiger charge is -2.39. The minimum Gasteiger partial charge on any atom is -0.369 e. The molecule has 1 saturated heterocycles. The summed E-state index contributed by atoms with van der Waals surface area (Å²) in [6.45, 7) is 6.15. The standard InChI is InChI=1S/C21H24FN3O/c1-16(21(26)25-11-10-17-4-2-3-5-20(17)25)23-12-14-24(15-13-23)19-8-6-18(22)7-9-19/h2-9,16H,10-15H2,1H3/t16-/m0/s1. The summed E-state index contributed by atoms with van der Waals surface area (Å²) in [5, 5.41) is 0. The molecule has 26 heavy (non-hydrogen) atoms. The average Bonchev–Trinajstić information content (AvgIpc) is 3.12. The summed E-state index contributed by atoms with van der Waals surface area (Å²) in [6.07, 6.45) is 0.937. The van der Waals surface area contributed by atoms with Crippen molar-refractivity contribution in [2.24, 2.45) is 0 Å². The Morgan fingerprint density at radius 1 is 0.962 bits per heavy atom. The zero-order chi connectivity index (χ0) is 18.1. The summed E-state index contributed by atoms with van der Waals surface area (Å²) in [4.78, 5) is 19.5. The lowest BCUT2D eigenvalue weighted by molar-refractivity contribution is -0.123. The van der Waals surface area contributed by atoms with Crippen LogP contribution in [0.15, 0.2) is 48.5 Å². The Labute approximate surface area is 153 Å². The highest BCUT2D eigenvalue weighted by Crippen LogP contribution is 2.28. The van der Waals surface area contributed by atoms with Crippen LogP contribution < -0.4 is 9.80 Å². The van der Waals surface area contributed by atoms with Crippen molar-refractivity contribution in [2.75, 3.05) is 42.5 Å². The van der Waals surface area contributed by atoms with Crippen molar-refractivity contribution in [3.8, 4) is 0 Å². The average molecular weight is 353 g/mol. The Kier molecular flexibility index (Phi) is 4.64. The summed E-state index contributed by atoms with van der Waals surface area (Å²) in [5.74, 6) is -0.0253. The van der Waals surface area contributed by atoms with Crippen LogP contribution >= 0.6 is 0 Å². The van der Waals surface area contributed by atoms with E-state index in [1.54, 1.807) is 0 Å². The van der Waals surface area contributed by atoms with Gasteiger partial charge in [-0.25, -0.2) is 4.39 Å². The van der Waals surface area contributed by atoms with Gasteiger partial charge >= 0.3 is 0 Å². The number of carbonyl (C=O) groups is 1. The fraction of sp³-hybridized carbons (Fsp3) is 0.381. The number of piperazine rings is 1. The first kappa shape index (κ1) is 17.0. The van der Waals surface area contributed by atoms with Gasteiger partial charge in [0.1, 0.15) is 5.82 Å². The summed E-state index contributed by atoms with van der Waals surface area (Å²) in [5.41, 5.74) is 3.36. The molecule has 1 amide bonds. The van der Waals surface area contributed by atoms with E-state index in [-0.39, 0.29) is 17.8 Å². The highest BCUT2D eigenvalue weighted by molar-refractivity contribution is 5.98. The number of benzene rings is 2. The van der Waals surface area contributed by atoms with Gasteiger partial charge in [0.05, 0.1) is 6.04 Å². The lowest BCUT2D eigenvalue weighted by Crippen LogP contribution is -2.54. The molecule has 1 fully saturated rings. The first-order chi connectivity index (χ1) is 12.6. The fourth-order valence-corrected chi connectivity index (χ4v) is 3.97. The van der Waals surface area contributed by atoms with Gasteiger partial charge < -0.3 is 9.80 Å². The summed E-state index contributed by atoms with van der Waals surface area (Å²) < 4.78 is 13.1. The number of hydrogen-bond acceptors (Lipinski definition) is 3. The Balaban J connectivity index is 1.38. The van der Waals surface area contributed by atoms with Gasteiger partial charge in [0.25, 0.3) is 0 Å². The van der Waals surface area contributed by atoms with Gasteiger partial charge in [-0.2, -0.15) is 0 Å². The van der Waals surface area contributed by atoms with Crippen LogP contribution in [0.2, 0.25) is 0 Å². The molecule has 2 aromatic carbocycles. The lowest BCUT2D eigenvalue weighted by atomic mass is 10.1. The van der Waals surface area contributed by atoms with E-state index in [2.05, 4.69) is 15.9 Å². The molecule has 4 rings (SSSR count). The third-order valence-electron chi connectivity index (χ3n) is 5.56. The number of nitrogens with zero attached hydrogens (tertiary/aromatic N) is 3. The molecule has 0 radical (unpaired) electrons. The second kappa shape index (κ2) is 7.08. The zero-order valence-electron chi connectivity index (χ0n) is 15.1. The van der Waals surface area contributed by atoms with Gasteiger partial charge in [-0.3, -0.25) is 9.69 Å². The summed E-state index contributed by atoms with van der Waals surface area (Å²) in [7, 11) is 0. The van der Waals surface area contributed by atoms with E-state index in [0.29, 0.717) is 0 Å². The molecule has 0 bridgehead atoms. The van der Waals surface area contributed by atoms with Crippen LogP contribution in [0.25, 0.3) is 0 Å². The fourth-order valence-electron chi connectivity index (χ4n) is 3.97. The molecule has 0 aromatic heterocycles. The molecule has 5 heteroatoms. The van der Waals surface area contributed by atoms with E-state index < -0.39 is 0 Å². The van der Waals surface area contributed by atoms with Crippen molar-refractivity contribution in [1.29, 1.82) is 0 Å².